The molecule has 1 aliphatic heterocycles. The molecule has 0 N–H and O–H groups in total. The van der Waals surface area contributed by atoms with Crippen LogP contribution in [0.1, 0.15) is 34.2 Å². The summed E-state index contributed by atoms with van der Waals surface area (Å²) in [7, 11) is 0. The molecule has 6 rings (SSSR count). The largest absolute Gasteiger partial charge is 1.00 e. The number of nitrogens with zero attached hydrogens (tertiary/aromatic N) is 2. The van der Waals surface area contributed by atoms with Crippen LogP contribution in [0.2, 0.25) is 0 Å². The van der Waals surface area contributed by atoms with Crippen LogP contribution in [0.4, 0.5) is 5.69 Å². The lowest BCUT2D eigenvalue weighted by Crippen LogP contribution is -3.00. The molecule has 184 valence electrons. The summed E-state index contributed by atoms with van der Waals surface area (Å²) in [4.78, 5) is 2.54. The predicted octanol–water partition coefficient (Wildman–Crippen LogP) is 4.30. The van der Waals surface area contributed by atoms with Crippen molar-refractivity contribution < 1.29 is 21.5 Å². The average molecular weight is 548 g/mol. The van der Waals surface area contributed by atoms with Crippen LogP contribution in [0.5, 0.6) is 0 Å². The van der Waals surface area contributed by atoms with Gasteiger partial charge in [-0.05, 0) is 47.2 Å². The molecule has 2 heterocycles. The number of halogens is 1. The third kappa shape index (κ3) is 5.52. The highest BCUT2D eigenvalue weighted by atomic mass is 79.9. The molecule has 0 fully saturated rings. The van der Waals surface area contributed by atoms with Gasteiger partial charge in [0.15, 0.2) is 12.7 Å². The van der Waals surface area contributed by atoms with Crippen molar-refractivity contribution in [2.24, 2.45) is 0 Å². The topological polar surface area (TPSA) is 7.12 Å². The number of para-hydroxylation sites is 1. The molecule has 2 nitrogen and oxygen atoms in total. The van der Waals surface area contributed by atoms with Crippen molar-refractivity contribution in [2.75, 3.05) is 11.4 Å². The highest BCUT2D eigenvalue weighted by molar-refractivity contribution is 5.89. The van der Waals surface area contributed by atoms with Gasteiger partial charge in [-0.2, -0.15) is 4.57 Å². The highest BCUT2D eigenvalue weighted by Gasteiger charge is 2.19. The van der Waals surface area contributed by atoms with Gasteiger partial charge in [-0.15, -0.1) is 0 Å². The fourth-order valence-electron chi connectivity index (χ4n) is 5.40. The minimum Gasteiger partial charge on any atom is -1.00 e. The zero-order chi connectivity index (χ0) is 24.2. The lowest BCUT2D eigenvalue weighted by atomic mass is 9.95. The third-order valence-corrected chi connectivity index (χ3v) is 7.20. The van der Waals surface area contributed by atoms with Gasteiger partial charge in [0, 0.05) is 36.5 Å². The van der Waals surface area contributed by atoms with Crippen molar-refractivity contribution >= 4 is 28.7 Å². The fraction of sp³-hybridized carbons (Fsp3) is 0.147. The summed E-state index contributed by atoms with van der Waals surface area (Å²) < 4.78 is 2.34. The Morgan fingerprint density at radius 3 is 2.19 bits per heavy atom. The van der Waals surface area contributed by atoms with Crippen LogP contribution >= 0.6 is 0 Å². The van der Waals surface area contributed by atoms with Gasteiger partial charge in [0.25, 0.3) is 0 Å². The molecule has 0 atom stereocenters. The van der Waals surface area contributed by atoms with E-state index in [1.54, 1.807) is 0 Å². The standard InChI is InChI=1S/C34H31N2.BrH/c1-3-11-27(12-4-1)25-35-23-10-17-32-29(15-9-19-34(32)35)20-21-30-22-24-36(26-28-13-5-2-6-14-28)33-18-8-7-16-31(30)33;/h1-9,11-16,18-22,24H,10,17,23,25-26H2;1H/q+1;/p-1/b21-20+;. The smallest absolute Gasteiger partial charge is 0.213 e. The second kappa shape index (κ2) is 11.6. The first kappa shape index (κ1) is 25.0. The first-order chi connectivity index (χ1) is 17.8. The number of aromatic nitrogens is 1. The average Bonchev–Trinajstić information content (AvgIpc) is 2.94. The molecule has 5 aromatic rings. The van der Waals surface area contributed by atoms with E-state index in [1.807, 2.05) is 0 Å². The Hall–Kier alpha value is -3.69. The van der Waals surface area contributed by atoms with E-state index in [0.29, 0.717) is 0 Å². The van der Waals surface area contributed by atoms with E-state index < -0.39 is 0 Å². The van der Waals surface area contributed by atoms with E-state index in [0.717, 1.165) is 26.1 Å². The molecule has 0 amide bonds. The molecule has 1 aliphatic rings. The Labute approximate surface area is 230 Å². The van der Waals surface area contributed by atoms with Crippen LogP contribution in [-0.4, -0.2) is 6.54 Å². The van der Waals surface area contributed by atoms with E-state index >= 15 is 0 Å². The molecular weight excluding hydrogens is 516 g/mol. The van der Waals surface area contributed by atoms with Gasteiger partial charge < -0.3 is 21.9 Å². The van der Waals surface area contributed by atoms with Gasteiger partial charge in [-0.1, -0.05) is 97.1 Å². The predicted molar refractivity (Wildman–Crippen MR) is 151 cm³/mol. The first-order valence-electron chi connectivity index (χ1n) is 12.9. The number of anilines is 1. The number of benzene rings is 4. The van der Waals surface area contributed by atoms with Crippen molar-refractivity contribution in [3.05, 3.63) is 143 Å². The minimum absolute atomic E-state index is 0. The molecule has 0 saturated heterocycles. The van der Waals surface area contributed by atoms with Crippen LogP contribution in [0, 0.1) is 0 Å². The summed E-state index contributed by atoms with van der Waals surface area (Å²) in [5.41, 5.74) is 9.37. The lowest BCUT2D eigenvalue weighted by molar-refractivity contribution is -0.662. The minimum atomic E-state index is 0. The molecule has 0 radical (unpaired) electrons. The SMILES string of the molecule is C(=C\c1cc[n+](Cc2ccccc2)c2ccccc12)/c1cccc2c1CCCN2Cc1ccccc1.[Br-]. The number of hydrogen-bond donors (Lipinski definition) is 0. The normalized spacial score (nSPS) is 12.9. The lowest BCUT2D eigenvalue weighted by Gasteiger charge is -2.32. The van der Waals surface area contributed by atoms with E-state index in [9.17, 15) is 0 Å². The Kier molecular flexibility index (Phi) is 7.82. The zero-order valence-corrected chi connectivity index (χ0v) is 22.5. The molecule has 1 aromatic heterocycles. The summed E-state index contributed by atoms with van der Waals surface area (Å²) >= 11 is 0. The van der Waals surface area contributed by atoms with Crippen molar-refractivity contribution in [3.63, 3.8) is 0 Å². The van der Waals surface area contributed by atoms with E-state index in [1.165, 1.54) is 50.8 Å². The van der Waals surface area contributed by atoms with Crippen LogP contribution in [0.3, 0.4) is 0 Å². The monoisotopic (exact) mass is 546 g/mol. The molecule has 0 saturated carbocycles. The molecule has 3 heteroatoms. The summed E-state index contributed by atoms with van der Waals surface area (Å²) in [6.07, 6.45) is 9.15. The van der Waals surface area contributed by atoms with E-state index in [-0.39, 0.29) is 17.0 Å². The Balaban J connectivity index is 0.00000280. The highest BCUT2D eigenvalue weighted by Crippen LogP contribution is 2.32. The van der Waals surface area contributed by atoms with Gasteiger partial charge in [-0.25, -0.2) is 0 Å². The van der Waals surface area contributed by atoms with Crippen LogP contribution < -0.4 is 26.4 Å². The Morgan fingerprint density at radius 2 is 1.38 bits per heavy atom. The maximum absolute atomic E-state index is 2.54. The quantitative estimate of drug-likeness (QED) is 0.288. The van der Waals surface area contributed by atoms with Gasteiger partial charge in [0.1, 0.15) is 0 Å². The number of pyridine rings is 1. The summed E-state index contributed by atoms with van der Waals surface area (Å²) in [6, 6.07) is 39.2. The number of hydrogen-bond acceptors (Lipinski definition) is 1. The summed E-state index contributed by atoms with van der Waals surface area (Å²) in [6.45, 7) is 2.94. The molecule has 0 unspecified atom stereocenters. The second-order valence-electron chi connectivity index (χ2n) is 9.59. The number of rotatable bonds is 6. The van der Waals surface area contributed by atoms with Crippen LogP contribution in [0.25, 0.3) is 23.1 Å². The van der Waals surface area contributed by atoms with Crippen molar-refractivity contribution in [3.8, 4) is 0 Å². The van der Waals surface area contributed by atoms with Crippen LogP contribution in [-0.2, 0) is 19.5 Å². The van der Waals surface area contributed by atoms with Gasteiger partial charge >= 0.3 is 0 Å². The first-order valence-corrected chi connectivity index (χ1v) is 12.9. The van der Waals surface area contributed by atoms with Crippen LogP contribution in [0.15, 0.2) is 115 Å². The van der Waals surface area contributed by atoms with E-state index in [4.69, 9.17) is 0 Å². The molecule has 4 aromatic carbocycles. The maximum atomic E-state index is 2.54. The summed E-state index contributed by atoms with van der Waals surface area (Å²) in [5, 5.41) is 1.28. The van der Waals surface area contributed by atoms with Crippen molar-refractivity contribution in [1.82, 2.24) is 0 Å². The van der Waals surface area contributed by atoms with Gasteiger partial charge in [-0.3, -0.25) is 0 Å². The van der Waals surface area contributed by atoms with Crippen molar-refractivity contribution in [1.29, 1.82) is 0 Å². The van der Waals surface area contributed by atoms with Crippen molar-refractivity contribution in [2.45, 2.75) is 25.9 Å². The Morgan fingerprint density at radius 1 is 0.676 bits per heavy atom. The molecule has 0 bridgehead atoms. The van der Waals surface area contributed by atoms with Gasteiger partial charge in [0.2, 0.25) is 5.52 Å². The molecule has 0 aliphatic carbocycles. The molecule has 37 heavy (non-hydrogen) atoms. The fourth-order valence-corrected chi connectivity index (χ4v) is 5.40. The summed E-state index contributed by atoms with van der Waals surface area (Å²) in [5.74, 6) is 0. The zero-order valence-electron chi connectivity index (χ0n) is 20.9. The van der Waals surface area contributed by atoms with Gasteiger partial charge in [0.05, 0.1) is 5.39 Å². The maximum Gasteiger partial charge on any atom is 0.213 e. The third-order valence-electron chi connectivity index (χ3n) is 7.20. The molecular formula is C34H31BrN2. The van der Waals surface area contributed by atoms with E-state index in [2.05, 4.69) is 137 Å². The second-order valence-corrected chi connectivity index (χ2v) is 9.59. The Bertz CT molecular complexity index is 1510. The number of fused-ring (bicyclic) bond motifs is 2. The molecule has 0 spiro atoms.